The van der Waals surface area contributed by atoms with Crippen LogP contribution in [0.4, 0.5) is 31.8 Å². The molecule has 12 heteroatoms. The number of sulfonamides is 1. The smallest absolute Gasteiger partial charge is 0.237 e. The summed E-state index contributed by atoms with van der Waals surface area (Å²) in [7, 11) is -3.83. The Bertz CT molecular complexity index is 1590. The Balaban J connectivity index is 1.43. The average Bonchev–Trinajstić information content (AvgIpc) is 3.28. The second-order valence-corrected chi connectivity index (χ2v) is 12.5. The van der Waals surface area contributed by atoms with Gasteiger partial charge in [0.1, 0.15) is 17.3 Å². The highest BCUT2D eigenvalue weighted by molar-refractivity contribution is 7.94. The molecule has 1 saturated heterocycles. The Morgan fingerprint density at radius 2 is 1.76 bits per heavy atom. The molecule has 0 saturated carbocycles. The first-order valence-electron chi connectivity index (χ1n) is 12.2. The van der Waals surface area contributed by atoms with E-state index in [1.165, 1.54) is 45.0 Å². The zero-order valence-corrected chi connectivity index (χ0v) is 22.1. The largest absolute Gasteiger partial charge is 0.367 e. The fraction of sp³-hybridized carbons (Fsp3) is 0.308. The zero-order chi connectivity index (χ0) is 27.1. The lowest BCUT2D eigenvalue weighted by Crippen LogP contribution is -2.43. The normalized spacial score (nSPS) is 14.6. The molecule has 0 amide bonds. The van der Waals surface area contributed by atoms with Gasteiger partial charge in [0, 0.05) is 55.3 Å². The van der Waals surface area contributed by atoms with Crippen LogP contribution in [0.2, 0.25) is 0 Å². The standard InChI is InChI=1S/C26H29F2N7O2S/c1-26(2,3)38(36,37)33-22-15-19(5-6-20(22)27)35-11-8-17-16-30-25(32-24(17)35)31-18-4-7-23(21(28)14-18)34-12-9-29-10-13-34/h4-8,11,14-16,29,33H,9-10,12-13H2,1-3H3,(H,30,31,32). The molecule has 0 atom stereocenters. The highest BCUT2D eigenvalue weighted by Crippen LogP contribution is 2.28. The van der Waals surface area contributed by atoms with Gasteiger partial charge < -0.3 is 20.1 Å². The number of aromatic nitrogens is 3. The van der Waals surface area contributed by atoms with E-state index in [1.54, 1.807) is 35.2 Å². The SMILES string of the molecule is CC(C)(C)S(=O)(=O)Nc1cc(-n2ccc3cnc(Nc4ccc(N5CCNCC5)c(F)c4)nc32)ccc1F. The van der Waals surface area contributed by atoms with Gasteiger partial charge in [0.25, 0.3) is 0 Å². The van der Waals surface area contributed by atoms with E-state index in [-0.39, 0.29) is 17.5 Å². The summed E-state index contributed by atoms with van der Waals surface area (Å²) < 4.78 is 57.5. The predicted molar refractivity (Wildman–Crippen MR) is 146 cm³/mol. The molecule has 0 unspecified atom stereocenters. The maximum Gasteiger partial charge on any atom is 0.237 e. The monoisotopic (exact) mass is 541 g/mol. The molecular formula is C26H29F2N7O2S. The minimum Gasteiger partial charge on any atom is -0.367 e. The van der Waals surface area contributed by atoms with Crippen LogP contribution in [-0.4, -0.2) is 53.9 Å². The first-order chi connectivity index (χ1) is 18.0. The number of anilines is 4. The van der Waals surface area contributed by atoms with Crippen LogP contribution in [0.25, 0.3) is 16.7 Å². The summed E-state index contributed by atoms with van der Waals surface area (Å²) in [5, 5.41) is 7.02. The highest BCUT2D eigenvalue weighted by Gasteiger charge is 2.30. The number of benzene rings is 2. The van der Waals surface area contributed by atoms with Gasteiger partial charge in [-0.15, -0.1) is 0 Å². The summed E-state index contributed by atoms with van der Waals surface area (Å²) in [5.74, 6) is -0.776. The Labute approximate surface area is 220 Å². The number of rotatable bonds is 6. The first kappa shape index (κ1) is 25.9. The summed E-state index contributed by atoms with van der Waals surface area (Å²) in [4.78, 5) is 10.9. The lowest BCUT2D eigenvalue weighted by Gasteiger charge is -2.29. The molecule has 200 valence electrons. The van der Waals surface area contributed by atoms with Crippen molar-refractivity contribution in [1.29, 1.82) is 0 Å². The number of nitrogens with zero attached hydrogens (tertiary/aromatic N) is 4. The third kappa shape index (κ3) is 5.14. The van der Waals surface area contributed by atoms with Crippen molar-refractivity contribution in [3.63, 3.8) is 0 Å². The lowest BCUT2D eigenvalue weighted by atomic mass is 10.2. The van der Waals surface area contributed by atoms with Gasteiger partial charge in [-0.05, 0) is 63.2 Å². The van der Waals surface area contributed by atoms with Crippen LogP contribution in [0.15, 0.2) is 54.9 Å². The minimum atomic E-state index is -3.83. The van der Waals surface area contributed by atoms with Crippen molar-refractivity contribution in [3.05, 3.63) is 66.5 Å². The molecule has 0 bridgehead atoms. The van der Waals surface area contributed by atoms with Crippen LogP contribution < -0.4 is 20.3 Å². The van der Waals surface area contributed by atoms with Gasteiger partial charge in [-0.3, -0.25) is 4.72 Å². The van der Waals surface area contributed by atoms with Gasteiger partial charge in [-0.1, -0.05) is 0 Å². The Kier molecular flexibility index (Phi) is 6.70. The van der Waals surface area contributed by atoms with Crippen LogP contribution in [-0.2, 0) is 10.0 Å². The van der Waals surface area contributed by atoms with E-state index in [1.807, 2.05) is 4.90 Å². The van der Waals surface area contributed by atoms with Crippen molar-refractivity contribution >= 4 is 44.1 Å². The highest BCUT2D eigenvalue weighted by atomic mass is 32.2. The van der Waals surface area contributed by atoms with Gasteiger partial charge >= 0.3 is 0 Å². The molecule has 3 heterocycles. The third-order valence-electron chi connectivity index (χ3n) is 6.37. The van der Waals surface area contributed by atoms with Crippen LogP contribution in [0, 0.1) is 11.6 Å². The first-order valence-corrected chi connectivity index (χ1v) is 13.7. The molecule has 1 aliphatic rings. The molecule has 2 aromatic carbocycles. The fourth-order valence-electron chi connectivity index (χ4n) is 4.10. The van der Waals surface area contributed by atoms with Crippen molar-refractivity contribution in [2.24, 2.45) is 0 Å². The Morgan fingerprint density at radius 1 is 1.00 bits per heavy atom. The molecule has 0 spiro atoms. The van der Waals surface area contributed by atoms with Gasteiger partial charge in [0.2, 0.25) is 16.0 Å². The summed E-state index contributed by atoms with van der Waals surface area (Å²) >= 11 is 0. The molecule has 2 aromatic heterocycles. The molecule has 5 rings (SSSR count). The molecule has 1 fully saturated rings. The van der Waals surface area contributed by atoms with Crippen LogP contribution in [0.3, 0.4) is 0 Å². The number of hydrogen-bond acceptors (Lipinski definition) is 7. The maximum absolute atomic E-state index is 14.9. The molecule has 1 aliphatic heterocycles. The number of hydrogen-bond donors (Lipinski definition) is 3. The van der Waals surface area contributed by atoms with E-state index in [0.717, 1.165) is 31.6 Å². The summed E-state index contributed by atoms with van der Waals surface area (Å²) in [6, 6.07) is 10.9. The third-order valence-corrected chi connectivity index (χ3v) is 8.47. The van der Waals surface area contributed by atoms with Gasteiger partial charge in [-0.25, -0.2) is 22.2 Å². The second-order valence-electron chi connectivity index (χ2n) is 10.1. The summed E-state index contributed by atoms with van der Waals surface area (Å²) in [6.07, 6.45) is 3.36. The van der Waals surface area contributed by atoms with Crippen LogP contribution in [0.1, 0.15) is 20.8 Å². The fourth-order valence-corrected chi connectivity index (χ4v) is 4.85. The maximum atomic E-state index is 14.9. The predicted octanol–water partition coefficient (Wildman–Crippen LogP) is 4.39. The van der Waals surface area contributed by atoms with E-state index < -0.39 is 20.6 Å². The summed E-state index contributed by atoms with van der Waals surface area (Å²) in [5.41, 5.74) is 1.91. The van der Waals surface area contributed by atoms with Crippen molar-refractivity contribution in [3.8, 4) is 5.69 Å². The van der Waals surface area contributed by atoms with Crippen molar-refractivity contribution in [1.82, 2.24) is 19.9 Å². The lowest BCUT2D eigenvalue weighted by molar-refractivity contribution is 0.564. The number of piperazine rings is 1. The zero-order valence-electron chi connectivity index (χ0n) is 21.3. The Morgan fingerprint density at radius 3 is 2.47 bits per heavy atom. The molecule has 38 heavy (non-hydrogen) atoms. The molecule has 4 aromatic rings. The average molecular weight is 542 g/mol. The van der Waals surface area contributed by atoms with Gasteiger partial charge in [0.05, 0.1) is 16.1 Å². The van der Waals surface area contributed by atoms with E-state index in [9.17, 15) is 17.2 Å². The Hall–Kier alpha value is -3.77. The quantitative estimate of drug-likeness (QED) is 0.333. The van der Waals surface area contributed by atoms with Crippen LogP contribution >= 0.6 is 0 Å². The van der Waals surface area contributed by atoms with E-state index in [4.69, 9.17) is 0 Å². The number of fused-ring (bicyclic) bond motifs is 1. The number of halogens is 2. The topological polar surface area (TPSA) is 104 Å². The molecule has 0 radical (unpaired) electrons. The summed E-state index contributed by atoms with van der Waals surface area (Å²) in [6.45, 7) is 7.70. The van der Waals surface area contributed by atoms with Crippen molar-refractivity contribution in [2.75, 3.05) is 41.1 Å². The molecule has 3 N–H and O–H groups in total. The molecule has 0 aliphatic carbocycles. The van der Waals surface area contributed by atoms with Crippen molar-refractivity contribution < 1.29 is 17.2 Å². The molecule has 9 nitrogen and oxygen atoms in total. The minimum absolute atomic E-state index is 0.160. The number of nitrogens with one attached hydrogen (secondary N) is 3. The van der Waals surface area contributed by atoms with Crippen LogP contribution in [0.5, 0.6) is 0 Å². The van der Waals surface area contributed by atoms with E-state index in [0.29, 0.717) is 22.7 Å². The van der Waals surface area contributed by atoms with Gasteiger partial charge in [-0.2, -0.15) is 4.98 Å². The molecular weight excluding hydrogens is 512 g/mol. The van der Waals surface area contributed by atoms with Crippen molar-refractivity contribution in [2.45, 2.75) is 25.5 Å². The second kappa shape index (κ2) is 9.84. The van der Waals surface area contributed by atoms with E-state index in [2.05, 4.69) is 25.3 Å². The van der Waals surface area contributed by atoms with E-state index >= 15 is 0 Å². The van der Waals surface area contributed by atoms with Gasteiger partial charge in [0.15, 0.2) is 0 Å².